The number of benzene rings is 1. The third-order valence-electron chi connectivity index (χ3n) is 3.57. The molecule has 0 saturated carbocycles. The molecule has 1 aromatic rings. The maximum atomic E-state index is 12.5. The molecule has 0 spiro atoms. The van der Waals surface area contributed by atoms with Crippen LogP contribution in [0, 0.1) is 0 Å². The number of hydrogen-bond donors (Lipinski definition) is 1. The van der Waals surface area contributed by atoms with E-state index in [-0.39, 0.29) is 12.3 Å². The van der Waals surface area contributed by atoms with Crippen LogP contribution < -0.4 is 5.32 Å². The average molecular weight is 331 g/mol. The Labute approximate surface area is 142 Å². The molecule has 6 heteroatoms. The SMILES string of the molecule is CC1(CCC(=O)OC(Cc2ccccc2)C(=O)NC(C)(C)C)N=N1. The second-order valence-electron chi connectivity index (χ2n) is 7.32. The zero-order chi connectivity index (χ0) is 17.8. The van der Waals surface area contributed by atoms with Gasteiger partial charge in [-0.25, -0.2) is 0 Å². The van der Waals surface area contributed by atoms with E-state index in [0.717, 1.165) is 5.56 Å². The van der Waals surface area contributed by atoms with Gasteiger partial charge in [-0.2, -0.15) is 10.2 Å². The molecular weight excluding hydrogens is 306 g/mol. The van der Waals surface area contributed by atoms with Crippen LogP contribution in [0.5, 0.6) is 0 Å². The fourth-order valence-electron chi connectivity index (χ4n) is 2.21. The third-order valence-corrected chi connectivity index (χ3v) is 3.57. The molecule has 1 heterocycles. The van der Waals surface area contributed by atoms with Gasteiger partial charge in [0.1, 0.15) is 0 Å². The predicted molar refractivity (Wildman–Crippen MR) is 90.4 cm³/mol. The van der Waals surface area contributed by atoms with E-state index in [0.29, 0.717) is 12.8 Å². The van der Waals surface area contributed by atoms with Crippen molar-refractivity contribution in [3.63, 3.8) is 0 Å². The molecule has 1 aromatic carbocycles. The number of nitrogens with one attached hydrogen (secondary N) is 1. The Kier molecular flexibility index (Phi) is 5.36. The number of carbonyl (C=O) groups excluding carboxylic acids is 2. The van der Waals surface area contributed by atoms with Crippen molar-refractivity contribution in [1.29, 1.82) is 0 Å². The van der Waals surface area contributed by atoms with Crippen LogP contribution in [0.3, 0.4) is 0 Å². The van der Waals surface area contributed by atoms with Crippen LogP contribution in [0.15, 0.2) is 40.6 Å². The topological polar surface area (TPSA) is 80.1 Å². The lowest BCUT2D eigenvalue weighted by Crippen LogP contribution is -2.48. The second kappa shape index (κ2) is 7.11. The molecular formula is C18H25N3O3. The van der Waals surface area contributed by atoms with Gasteiger partial charge in [0.2, 0.25) is 0 Å². The molecule has 1 aliphatic heterocycles. The smallest absolute Gasteiger partial charge is 0.306 e. The minimum Gasteiger partial charge on any atom is -0.452 e. The number of hydrogen-bond acceptors (Lipinski definition) is 5. The molecule has 6 nitrogen and oxygen atoms in total. The Balaban J connectivity index is 1.98. The molecule has 0 fully saturated rings. The van der Waals surface area contributed by atoms with E-state index in [1.807, 2.05) is 58.0 Å². The molecule has 1 unspecified atom stereocenters. The largest absolute Gasteiger partial charge is 0.452 e. The predicted octanol–water partition coefficient (Wildman–Crippen LogP) is 3.02. The minimum absolute atomic E-state index is 0.192. The van der Waals surface area contributed by atoms with Crippen LogP contribution in [-0.2, 0) is 20.7 Å². The Bertz CT molecular complexity index is 614. The highest BCUT2D eigenvalue weighted by atomic mass is 16.5. The second-order valence-corrected chi connectivity index (χ2v) is 7.32. The van der Waals surface area contributed by atoms with Gasteiger partial charge >= 0.3 is 5.97 Å². The summed E-state index contributed by atoms with van der Waals surface area (Å²) in [5, 5.41) is 10.6. The summed E-state index contributed by atoms with van der Waals surface area (Å²) in [6.07, 6.45) is 0.197. The van der Waals surface area contributed by atoms with Gasteiger partial charge in [-0.05, 0) is 33.3 Å². The summed E-state index contributed by atoms with van der Waals surface area (Å²) in [6.45, 7) is 7.53. The van der Waals surface area contributed by atoms with E-state index in [1.165, 1.54) is 0 Å². The molecule has 1 aliphatic rings. The van der Waals surface area contributed by atoms with Crippen LogP contribution in [0.4, 0.5) is 0 Å². The maximum absolute atomic E-state index is 12.5. The van der Waals surface area contributed by atoms with Crippen LogP contribution in [0.1, 0.15) is 46.1 Å². The van der Waals surface area contributed by atoms with Gasteiger partial charge in [0.15, 0.2) is 11.8 Å². The van der Waals surface area contributed by atoms with Crippen molar-refractivity contribution in [2.75, 3.05) is 0 Å². The first-order chi connectivity index (χ1) is 11.2. The van der Waals surface area contributed by atoms with E-state index in [4.69, 9.17) is 4.74 Å². The average Bonchev–Trinajstić information content (AvgIpc) is 3.22. The van der Waals surface area contributed by atoms with Crippen molar-refractivity contribution in [3.8, 4) is 0 Å². The maximum Gasteiger partial charge on any atom is 0.306 e. The van der Waals surface area contributed by atoms with Gasteiger partial charge in [0.05, 0.1) is 0 Å². The highest BCUT2D eigenvalue weighted by molar-refractivity contribution is 5.84. The first-order valence-electron chi connectivity index (χ1n) is 8.16. The quantitative estimate of drug-likeness (QED) is 0.780. The van der Waals surface area contributed by atoms with E-state index in [2.05, 4.69) is 15.5 Å². The molecule has 0 bridgehead atoms. The van der Waals surface area contributed by atoms with Crippen molar-refractivity contribution < 1.29 is 14.3 Å². The van der Waals surface area contributed by atoms with Crippen LogP contribution in [-0.4, -0.2) is 29.2 Å². The highest BCUT2D eigenvalue weighted by Gasteiger charge is 2.35. The first kappa shape index (κ1) is 18.1. The normalized spacial score (nSPS) is 16.3. The van der Waals surface area contributed by atoms with Gasteiger partial charge in [-0.3, -0.25) is 9.59 Å². The Morgan fingerprint density at radius 3 is 2.38 bits per heavy atom. The van der Waals surface area contributed by atoms with Gasteiger partial charge in [0.25, 0.3) is 5.91 Å². The van der Waals surface area contributed by atoms with Gasteiger partial charge in [-0.1, -0.05) is 30.3 Å². The molecule has 24 heavy (non-hydrogen) atoms. The molecule has 1 atom stereocenters. The van der Waals surface area contributed by atoms with Crippen molar-refractivity contribution in [2.45, 2.75) is 64.3 Å². The van der Waals surface area contributed by atoms with Gasteiger partial charge in [-0.15, -0.1) is 0 Å². The zero-order valence-electron chi connectivity index (χ0n) is 14.7. The monoisotopic (exact) mass is 331 g/mol. The highest BCUT2D eigenvalue weighted by Crippen LogP contribution is 2.32. The third kappa shape index (κ3) is 6.10. The number of rotatable bonds is 7. The number of nitrogens with zero attached hydrogens (tertiary/aromatic N) is 2. The molecule has 0 saturated heterocycles. The van der Waals surface area contributed by atoms with Crippen molar-refractivity contribution in [2.24, 2.45) is 10.2 Å². The molecule has 0 aromatic heterocycles. The van der Waals surface area contributed by atoms with Crippen molar-refractivity contribution in [3.05, 3.63) is 35.9 Å². The summed E-state index contributed by atoms with van der Waals surface area (Å²) in [7, 11) is 0. The summed E-state index contributed by atoms with van der Waals surface area (Å²) in [6, 6.07) is 9.52. The van der Waals surface area contributed by atoms with E-state index in [9.17, 15) is 9.59 Å². The first-order valence-corrected chi connectivity index (χ1v) is 8.16. The fraction of sp³-hybridized carbons (Fsp3) is 0.556. The van der Waals surface area contributed by atoms with Crippen molar-refractivity contribution >= 4 is 11.9 Å². The number of esters is 1. The van der Waals surface area contributed by atoms with Crippen molar-refractivity contribution in [1.82, 2.24) is 5.32 Å². The molecule has 0 aliphatic carbocycles. The Morgan fingerprint density at radius 2 is 1.83 bits per heavy atom. The standard InChI is InChI=1S/C18H25N3O3/c1-17(2,3)19-16(23)14(12-13-8-6-5-7-9-13)24-15(22)10-11-18(4)20-21-18/h5-9,14H,10-12H2,1-4H3,(H,19,23). The molecule has 1 amide bonds. The van der Waals surface area contributed by atoms with E-state index < -0.39 is 23.3 Å². The van der Waals surface area contributed by atoms with E-state index in [1.54, 1.807) is 0 Å². The van der Waals surface area contributed by atoms with Gasteiger partial charge in [0, 0.05) is 24.8 Å². The van der Waals surface area contributed by atoms with Crippen LogP contribution in [0.25, 0.3) is 0 Å². The summed E-state index contributed by atoms with van der Waals surface area (Å²) in [5.41, 5.74) is 0.109. The minimum atomic E-state index is -0.847. The zero-order valence-corrected chi connectivity index (χ0v) is 14.7. The lowest BCUT2D eigenvalue weighted by molar-refractivity contribution is -0.156. The van der Waals surface area contributed by atoms with Gasteiger partial charge < -0.3 is 10.1 Å². The summed E-state index contributed by atoms with van der Waals surface area (Å²) >= 11 is 0. The fourth-order valence-corrected chi connectivity index (χ4v) is 2.21. The lowest BCUT2D eigenvalue weighted by atomic mass is 10.0. The van der Waals surface area contributed by atoms with Crippen LogP contribution in [0.2, 0.25) is 0 Å². The van der Waals surface area contributed by atoms with Crippen LogP contribution >= 0.6 is 0 Å². The Hall–Kier alpha value is -2.24. The summed E-state index contributed by atoms with van der Waals surface area (Å²) in [4.78, 5) is 24.6. The lowest BCUT2D eigenvalue weighted by Gasteiger charge is -2.25. The molecule has 1 N–H and O–H groups in total. The Morgan fingerprint density at radius 1 is 1.21 bits per heavy atom. The number of amides is 1. The summed E-state index contributed by atoms with van der Waals surface area (Å²) in [5.74, 6) is -0.690. The summed E-state index contributed by atoms with van der Waals surface area (Å²) < 4.78 is 5.45. The molecule has 130 valence electrons. The molecule has 2 rings (SSSR count). The number of ether oxygens (including phenoxy) is 1. The van der Waals surface area contributed by atoms with E-state index >= 15 is 0 Å². The number of carbonyl (C=O) groups is 2. The molecule has 0 radical (unpaired) electrons.